The van der Waals surface area contributed by atoms with Crippen molar-refractivity contribution in [3.63, 3.8) is 0 Å². The third kappa shape index (κ3) is 25.3. The number of benzene rings is 4. The molecule has 24 nitrogen and oxygen atoms in total. The fourth-order valence-electron chi connectivity index (χ4n) is 6.07. The molecule has 4 aromatic rings. The van der Waals surface area contributed by atoms with Gasteiger partial charge in [-0.25, -0.2) is 33.7 Å². The summed E-state index contributed by atoms with van der Waals surface area (Å²) in [5.74, 6) is 0. The number of hydrogen-bond donors (Lipinski definition) is 0. The Hall–Kier alpha value is 1.32. The molecule has 0 bridgehead atoms. The second-order valence-corrected chi connectivity index (χ2v) is 35.5. The fourth-order valence-corrected chi connectivity index (χ4v) is 16.1. The van der Waals surface area contributed by atoms with Crippen LogP contribution in [0, 0.1) is 21.7 Å². The van der Waals surface area contributed by atoms with E-state index < -0.39 is 211 Å². The molecule has 0 aromatic heterocycles. The first-order valence-corrected chi connectivity index (χ1v) is 34.9. The van der Waals surface area contributed by atoms with Gasteiger partial charge in [0.15, 0.2) is 0 Å². The Bertz CT molecular complexity index is 3540. The molecule has 40 heteroatoms. The van der Waals surface area contributed by atoms with Gasteiger partial charge < -0.3 is 18.2 Å². The summed E-state index contributed by atoms with van der Waals surface area (Å²) in [7, 11) is -43.3. The first-order valence-electron chi connectivity index (χ1n) is 22.1. The van der Waals surface area contributed by atoms with Crippen LogP contribution < -0.4 is 118 Å². The van der Waals surface area contributed by atoms with E-state index in [2.05, 4.69) is 0 Å². The summed E-state index contributed by atoms with van der Waals surface area (Å²) < 4.78 is 273. The molecule has 0 aliphatic carbocycles. The van der Waals surface area contributed by atoms with E-state index in [4.69, 9.17) is 63.1 Å². The van der Waals surface area contributed by atoms with Gasteiger partial charge in [0.25, 0.3) is 40.5 Å². The van der Waals surface area contributed by atoms with Crippen molar-refractivity contribution in [3.05, 3.63) is 68.6 Å². The molecule has 0 saturated carbocycles. The minimum atomic E-state index is -5.79. The Morgan fingerprint density at radius 2 is 0.405 bits per heavy atom. The molecule has 0 saturated heterocycles. The Kier molecular flexibility index (Phi) is 32.3. The maximum Gasteiger partial charge on any atom is 1.00 e. The number of halogens is 4. The Morgan fingerprint density at radius 3 is 0.524 bits per heavy atom. The molecule has 0 fully saturated rings. The van der Waals surface area contributed by atoms with E-state index in [1.54, 1.807) is 83.1 Å². The molecule has 452 valence electrons. The van der Waals surface area contributed by atoms with Gasteiger partial charge in [0, 0.05) is 42.3 Å². The summed E-state index contributed by atoms with van der Waals surface area (Å²) in [6, 6.07) is 4.37. The van der Waals surface area contributed by atoms with E-state index >= 15 is 0 Å². The molecule has 0 aliphatic heterocycles. The van der Waals surface area contributed by atoms with Crippen molar-refractivity contribution in [1.82, 2.24) is 0 Å². The number of hydrogen-bond acceptors (Lipinski definition) is 24. The Balaban J connectivity index is 0. The van der Waals surface area contributed by atoms with E-state index in [9.17, 15) is 85.6 Å². The van der Waals surface area contributed by atoms with Crippen LogP contribution in [-0.2, 0) is 97.7 Å². The van der Waals surface area contributed by atoms with Crippen LogP contribution in [0.25, 0.3) is 22.3 Å². The quantitative estimate of drug-likeness (QED) is 0.0520. The van der Waals surface area contributed by atoms with Crippen LogP contribution in [-0.4, -0.2) is 112 Å². The Labute approximate surface area is 600 Å². The van der Waals surface area contributed by atoms with Gasteiger partial charge in [0.2, 0.25) is 0 Å². The molecular weight excluding hydrogens is 1400 g/mol. The standard InChI is InChI=1S/C32H48Cl2O12S4.C12H8Cl2O12S4.4Na/c1-29(2,3)17-43-47(35,36)23-13-21(33)14-24(48(37,38)44-18-30(4,5)6)27(23)28-25(49(39,40)45-19-31(7,8)9)15-22(34)16-26(28)50(41,42)46-20-32(10,11)12;13-5-1-7(27(15,16)17)11(8(2-5)28(18,19)20)12-9(29(21,22)23)3-6(14)4-10(12)30(24,25)26;;;;/h13-16H,17-20H2,1-12H3;1-4H,(H,15,16,17)(H,18,19,20)(H,21,22,23)(H,24,25,26);;;;/q;;4*+1/p-4. The van der Waals surface area contributed by atoms with Crippen LogP contribution in [0.5, 0.6) is 0 Å². The zero-order valence-corrected chi connectivity index (χ0v) is 65.6. The van der Waals surface area contributed by atoms with Crippen molar-refractivity contribution >= 4 is 127 Å². The SMILES string of the molecule is CC(C)(C)COS(=O)(=O)c1cc(Cl)cc(S(=O)(=O)OCC(C)(C)C)c1-c1c(S(=O)(=O)OCC(C)(C)C)cc(Cl)cc1S(=O)(=O)OCC(C)(C)C.O=S(=O)([O-])c1cc(Cl)cc(S(=O)(=O)[O-])c1-c1c(S(=O)(=O)[O-])cc(Cl)cc1S(=O)(=O)[O-].[Na+].[Na+].[Na+].[Na+]. The van der Waals surface area contributed by atoms with Crippen molar-refractivity contribution in [2.45, 2.75) is 122 Å². The molecule has 84 heavy (non-hydrogen) atoms. The van der Waals surface area contributed by atoms with Gasteiger partial charge in [-0.1, -0.05) is 129 Å². The summed E-state index contributed by atoms with van der Waals surface area (Å²) in [5, 5.41) is -2.48. The smallest absolute Gasteiger partial charge is 0.744 e. The van der Waals surface area contributed by atoms with E-state index in [1.807, 2.05) is 0 Å². The molecular formula is C44H52Cl4Na4O24S8. The van der Waals surface area contributed by atoms with Gasteiger partial charge in [-0.05, 0) is 70.2 Å². The van der Waals surface area contributed by atoms with Crippen LogP contribution in [0.4, 0.5) is 0 Å². The van der Waals surface area contributed by atoms with E-state index in [0.717, 1.165) is 24.3 Å². The minimum Gasteiger partial charge on any atom is -0.744 e. The largest absolute Gasteiger partial charge is 1.00 e. The molecule has 0 spiro atoms. The van der Waals surface area contributed by atoms with Gasteiger partial charge in [0.05, 0.1) is 46.0 Å². The molecule has 0 radical (unpaired) electrons. The third-order valence-electron chi connectivity index (χ3n) is 9.37. The molecule has 0 heterocycles. The molecule has 0 atom stereocenters. The second-order valence-electron chi connectivity index (χ2n) is 22.0. The van der Waals surface area contributed by atoms with Crippen molar-refractivity contribution in [3.8, 4) is 22.3 Å². The maximum atomic E-state index is 14.0. The average molecular weight is 1460 g/mol. The maximum absolute atomic E-state index is 14.0. The summed E-state index contributed by atoms with van der Waals surface area (Å²) in [4.78, 5) is -10.6. The topological polar surface area (TPSA) is 402 Å². The first kappa shape index (κ1) is 87.4. The average Bonchev–Trinajstić information content (AvgIpc) is 3.23. The zero-order valence-electron chi connectivity index (χ0n) is 48.0. The van der Waals surface area contributed by atoms with Gasteiger partial charge in [-0.3, -0.25) is 16.7 Å². The van der Waals surface area contributed by atoms with E-state index in [0.29, 0.717) is 0 Å². The fraction of sp³-hybridized carbons (Fsp3) is 0.455. The normalized spacial score (nSPS) is 13.3. The van der Waals surface area contributed by atoms with Crippen molar-refractivity contribution in [1.29, 1.82) is 0 Å². The van der Waals surface area contributed by atoms with Gasteiger partial charge in [-0.2, -0.15) is 33.7 Å². The van der Waals surface area contributed by atoms with Crippen LogP contribution in [0.2, 0.25) is 20.1 Å². The number of rotatable bonds is 18. The molecule has 4 aromatic carbocycles. The summed E-state index contributed by atoms with van der Waals surface area (Å²) in [5.41, 5.74) is -8.06. The first-order chi connectivity index (χ1) is 35.3. The van der Waals surface area contributed by atoms with Crippen LogP contribution >= 0.6 is 46.4 Å². The van der Waals surface area contributed by atoms with Crippen LogP contribution in [0.15, 0.2) is 87.7 Å². The van der Waals surface area contributed by atoms with E-state index in [-0.39, 0.29) is 142 Å². The predicted molar refractivity (Wildman–Crippen MR) is 286 cm³/mol. The second kappa shape index (κ2) is 31.0. The molecule has 0 unspecified atom stereocenters. The van der Waals surface area contributed by atoms with Crippen LogP contribution in [0.1, 0.15) is 83.1 Å². The summed E-state index contributed by atoms with van der Waals surface area (Å²) >= 11 is 23.7. The van der Waals surface area contributed by atoms with Gasteiger partial charge in [-0.15, -0.1) is 0 Å². The zero-order chi connectivity index (χ0) is 62.6. The minimum absolute atomic E-state index is 0. The van der Waals surface area contributed by atoms with Gasteiger partial charge >= 0.3 is 118 Å². The summed E-state index contributed by atoms with van der Waals surface area (Å²) in [6.45, 7) is 18.4. The Morgan fingerprint density at radius 1 is 0.286 bits per heavy atom. The molecule has 4 rings (SSSR count). The van der Waals surface area contributed by atoms with Crippen molar-refractivity contribution < 1.29 is 221 Å². The van der Waals surface area contributed by atoms with E-state index in [1.165, 1.54) is 0 Å². The molecule has 0 N–H and O–H groups in total. The van der Waals surface area contributed by atoms with Crippen molar-refractivity contribution in [2.75, 3.05) is 26.4 Å². The van der Waals surface area contributed by atoms with Crippen LogP contribution in [0.3, 0.4) is 0 Å². The third-order valence-corrected chi connectivity index (χ3v) is 18.8. The molecule has 0 aliphatic rings. The van der Waals surface area contributed by atoms with Gasteiger partial charge in [0.1, 0.15) is 60.1 Å². The monoisotopic (exact) mass is 1450 g/mol. The molecule has 0 amide bonds. The predicted octanol–water partition coefficient (Wildman–Crippen LogP) is -4.04. The summed E-state index contributed by atoms with van der Waals surface area (Å²) in [6.07, 6.45) is 0. The van der Waals surface area contributed by atoms with Crippen molar-refractivity contribution in [2.24, 2.45) is 21.7 Å².